The van der Waals surface area contributed by atoms with Crippen molar-refractivity contribution in [2.24, 2.45) is 11.1 Å². The molecule has 0 unspecified atom stereocenters. The standard InChI is InChI=1S/C28H26N6S2/c1-27(2)15-28(30,16-27)20-10-8-17(9-11-20)22-23(18-6-4-3-5-7-18)36-25(34-22)21-14-31-24(35-21)19-12-32-26(29)33-13-19/h3-14H,15-16,30H2,1-2H3,(H2,29,32,33). The molecule has 180 valence electrons. The number of thiazole rings is 2. The lowest BCUT2D eigenvalue weighted by Gasteiger charge is -2.51. The van der Waals surface area contributed by atoms with Crippen LogP contribution in [0.4, 0.5) is 5.95 Å². The van der Waals surface area contributed by atoms with E-state index in [9.17, 15) is 0 Å². The Kier molecular flexibility index (Phi) is 5.48. The zero-order valence-corrected chi connectivity index (χ0v) is 21.7. The molecule has 0 radical (unpaired) electrons. The van der Waals surface area contributed by atoms with Gasteiger partial charge in [-0.1, -0.05) is 68.4 Å². The molecule has 0 amide bonds. The molecule has 6 nitrogen and oxygen atoms in total. The first-order valence-electron chi connectivity index (χ1n) is 11.8. The largest absolute Gasteiger partial charge is 0.368 e. The van der Waals surface area contributed by atoms with Crippen molar-refractivity contribution in [3.05, 3.63) is 78.8 Å². The van der Waals surface area contributed by atoms with Crippen LogP contribution in [0.25, 0.3) is 42.2 Å². The van der Waals surface area contributed by atoms with Crippen molar-refractivity contribution in [1.82, 2.24) is 19.9 Å². The third kappa shape index (κ3) is 4.21. The molecule has 3 heterocycles. The lowest BCUT2D eigenvalue weighted by atomic mass is 9.57. The van der Waals surface area contributed by atoms with Crippen LogP contribution in [0.2, 0.25) is 0 Å². The molecule has 36 heavy (non-hydrogen) atoms. The van der Waals surface area contributed by atoms with Crippen molar-refractivity contribution in [2.75, 3.05) is 5.73 Å². The number of rotatable bonds is 5. The number of hydrogen-bond acceptors (Lipinski definition) is 8. The minimum atomic E-state index is -0.234. The Hall–Kier alpha value is -3.46. The first-order chi connectivity index (χ1) is 17.3. The van der Waals surface area contributed by atoms with Crippen LogP contribution in [0.5, 0.6) is 0 Å². The van der Waals surface area contributed by atoms with Crippen LogP contribution in [0.3, 0.4) is 0 Å². The summed E-state index contributed by atoms with van der Waals surface area (Å²) < 4.78 is 0. The highest BCUT2D eigenvalue weighted by atomic mass is 32.1. The highest BCUT2D eigenvalue weighted by Crippen LogP contribution is 2.52. The van der Waals surface area contributed by atoms with Crippen LogP contribution in [0.15, 0.2) is 73.2 Å². The van der Waals surface area contributed by atoms with Crippen LogP contribution in [-0.4, -0.2) is 19.9 Å². The molecule has 2 aromatic carbocycles. The number of nitrogen functional groups attached to an aromatic ring is 1. The van der Waals surface area contributed by atoms with Crippen molar-refractivity contribution in [3.63, 3.8) is 0 Å². The number of nitrogens with two attached hydrogens (primary N) is 2. The number of nitrogens with zero attached hydrogens (tertiary/aromatic N) is 4. The maximum absolute atomic E-state index is 6.71. The second-order valence-corrected chi connectivity index (χ2v) is 12.2. The Balaban J connectivity index is 1.38. The van der Waals surface area contributed by atoms with Gasteiger partial charge in [0.05, 0.1) is 15.4 Å². The van der Waals surface area contributed by atoms with E-state index in [0.717, 1.165) is 55.0 Å². The van der Waals surface area contributed by atoms with E-state index in [-0.39, 0.29) is 11.5 Å². The van der Waals surface area contributed by atoms with Gasteiger partial charge in [0.1, 0.15) is 10.0 Å². The highest BCUT2D eigenvalue weighted by Gasteiger charge is 2.47. The average molecular weight is 511 g/mol. The summed E-state index contributed by atoms with van der Waals surface area (Å²) in [6.45, 7) is 4.56. The minimum absolute atomic E-state index is 0.234. The second-order valence-electron chi connectivity index (χ2n) is 10.2. The third-order valence-electron chi connectivity index (χ3n) is 6.62. The van der Waals surface area contributed by atoms with Crippen molar-refractivity contribution in [1.29, 1.82) is 0 Å². The maximum Gasteiger partial charge on any atom is 0.219 e. The molecule has 6 rings (SSSR count). The first-order valence-corrected chi connectivity index (χ1v) is 13.4. The van der Waals surface area contributed by atoms with Crippen LogP contribution in [0, 0.1) is 5.41 Å². The lowest BCUT2D eigenvalue weighted by Crippen LogP contribution is -2.53. The van der Waals surface area contributed by atoms with Gasteiger partial charge in [-0.2, -0.15) is 0 Å². The molecule has 4 N–H and O–H groups in total. The minimum Gasteiger partial charge on any atom is -0.368 e. The number of benzene rings is 2. The van der Waals surface area contributed by atoms with E-state index in [1.165, 1.54) is 5.56 Å². The van der Waals surface area contributed by atoms with E-state index >= 15 is 0 Å². The van der Waals surface area contributed by atoms with E-state index in [0.29, 0.717) is 5.41 Å². The molecular formula is C28H26N6S2. The molecule has 1 saturated carbocycles. The van der Waals surface area contributed by atoms with Crippen molar-refractivity contribution in [2.45, 2.75) is 32.2 Å². The molecule has 3 aromatic heterocycles. The quantitative estimate of drug-likeness (QED) is 0.276. The fourth-order valence-corrected chi connectivity index (χ4v) is 7.20. The number of aromatic nitrogens is 4. The zero-order valence-electron chi connectivity index (χ0n) is 20.1. The Morgan fingerprint density at radius 2 is 1.44 bits per heavy atom. The Labute approximate surface area is 218 Å². The molecule has 0 spiro atoms. The molecule has 1 aliphatic rings. The van der Waals surface area contributed by atoms with Gasteiger partial charge in [-0.15, -0.1) is 22.7 Å². The van der Waals surface area contributed by atoms with Gasteiger partial charge in [0, 0.05) is 35.3 Å². The zero-order chi connectivity index (χ0) is 24.9. The molecular weight excluding hydrogens is 484 g/mol. The SMILES string of the molecule is CC1(C)CC(N)(c2ccc(-c3nc(-c4cnc(-c5cnc(N)nc5)s4)sc3-c3ccccc3)cc2)C1. The summed E-state index contributed by atoms with van der Waals surface area (Å²) in [6, 6.07) is 19.1. The van der Waals surface area contributed by atoms with Crippen LogP contribution in [-0.2, 0) is 5.54 Å². The van der Waals surface area contributed by atoms with Gasteiger partial charge in [-0.05, 0) is 29.4 Å². The summed E-state index contributed by atoms with van der Waals surface area (Å²) in [5.41, 5.74) is 17.7. The van der Waals surface area contributed by atoms with Crippen LogP contribution >= 0.6 is 22.7 Å². The number of hydrogen-bond donors (Lipinski definition) is 2. The Morgan fingerprint density at radius 3 is 2.11 bits per heavy atom. The fourth-order valence-electron chi connectivity index (χ4n) is 5.18. The van der Waals surface area contributed by atoms with Crippen LogP contribution < -0.4 is 11.5 Å². The van der Waals surface area contributed by atoms with E-state index < -0.39 is 0 Å². The summed E-state index contributed by atoms with van der Waals surface area (Å²) in [6.07, 6.45) is 7.27. The smallest absolute Gasteiger partial charge is 0.219 e. The normalized spacial score (nSPS) is 16.0. The molecule has 0 saturated heterocycles. The topological polar surface area (TPSA) is 104 Å². The molecule has 1 aliphatic carbocycles. The summed E-state index contributed by atoms with van der Waals surface area (Å²) in [5, 5.41) is 1.77. The van der Waals surface area contributed by atoms with Crippen molar-refractivity contribution >= 4 is 28.6 Å². The first kappa shape index (κ1) is 23.0. The second kappa shape index (κ2) is 8.58. The fraction of sp³-hybridized carbons (Fsp3) is 0.214. The maximum atomic E-state index is 6.71. The van der Waals surface area contributed by atoms with Crippen LogP contribution in [0.1, 0.15) is 32.3 Å². The molecule has 0 bridgehead atoms. The van der Waals surface area contributed by atoms with Crippen molar-refractivity contribution in [3.8, 4) is 42.2 Å². The molecule has 8 heteroatoms. The summed E-state index contributed by atoms with van der Waals surface area (Å²) in [7, 11) is 0. The Morgan fingerprint density at radius 1 is 0.750 bits per heavy atom. The van der Waals surface area contributed by atoms with Gasteiger partial charge in [0.25, 0.3) is 0 Å². The number of anilines is 1. The molecule has 0 atom stereocenters. The lowest BCUT2D eigenvalue weighted by molar-refractivity contribution is 0.0618. The highest BCUT2D eigenvalue weighted by molar-refractivity contribution is 7.25. The van der Waals surface area contributed by atoms with Gasteiger partial charge in [0.2, 0.25) is 5.95 Å². The van der Waals surface area contributed by atoms with E-state index in [1.807, 2.05) is 12.3 Å². The van der Waals surface area contributed by atoms with E-state index in [4.69, 9.17) is 16.5 Å². The van der Waals surface area contributed by atoms with E-state index in [2.05, 4.69) is 77.3 Å². The summed E-state index contributed by atoms with van der Waals surface area (Å²) >= 11 is 3.25. The van der Waals surface area contributed by atoms with Gasteiger partial charge < -0.3 is 11.5 Å². The molecule has 1 fully saturated rings. The van der Waals surface area contributed by atoms with Gasteiger partial charge in [-0.25, -0.2) is 19.9 Å². The van der Waals surface area contributed by atoms with Gasteiger partial charge in [-0.3, -0.25) is 0 Å². The third-order valence-corrected chi connectivity index (χ3v) is 8.94. The van der Waals surface area contributed by atoms with Gasteiger partial charge >= 0.3 is 0 Å². The predicted octanol–water partition coefficient (Wildman–Crippen LogP) is 6.61. The average Bonchev–Trinajstić information content (AvgIpc) is 3.52. The van der Waals surface area contributed by atoms with E-state index in [1.54, 1.807) is 35.1 Å². The monoisotopic (exact) mass is 510 g/mol. The predicted molar refractivity (Wildman–Crippen MR) is 148 cm³/mol. The summed E-state index contributed by atoms with van der Waals surface area (Å²) in [5.74, 6) is 0.250. The van der Waals surface area contributed by atoms with Crippen molar-refractivity contribution < 1.29 is 0 Å². The van der Waals surface area contributed by atoms with Gasteiger partial charge in [0.15, 0.2) is 0 Å². The molecule has 5 aromatic rings. The Bertz CT molecular complexity index is 1510. The summed E-state index contributed by atoms with van der Waals surface area (Å²) in [4.78, 5) is 20.0. The molecule has 0 aliphatic heterocycles.